The first-order valence-corrected chi connectivity index (χ1v) is 7.86. The summed E-state index contributed by atoms with van der Waals surface area (Å²) >= 11 is 0. The van der Waals surface area contributed by atoms with Gasteiger partial charge in [0.15, 0.2) is 6.10 Å². The van der Waals surface area contributed by atoms with Gasteiger partial charge in [0.05, 0.1) is 11.5 Å². The Morgan fingerprint density at radius 3 is 2.50 bits per heavy atom. The molecule has 0 aromatic heterocycles. The van der Waals surface area contributed by atoms with Gasteiger partial charge in [-0.3, -0.25) is 4.18 Å². The molecule has 2 atom stereocenters. The number of hydrogen-bond donors (Lipinski definition) is 0. The minimum absolute atomic E-state index is 0.0428. The van der Waals surface area contributed by atoms with Crippen LogP contribution < -0.4 is 0 Å². The first-order valence-electron chi connectivity index (χ1n) is 6.45. The molecule has 0 amide bonds. The normalized spacial score (nSPS) is 26.6. The average molecular weight is 298 g/mol. The molecular formula is C14H18O5S. The lowest BCUT2D eigenvalue weighted by atomic mass is 9.84. The van der Waals surface area contributed by atoms with Crippen molar-refractivity contribution < 1.29 is 22.1 Å². The SMILES string of the molecule is CC[C@@]1(C)COC(=O)[C@H]1OS(=O)(=O)c1ccc(C)cc1. The monoisotopic (exact) mass is 298 g/mol. The van der Waals surface area contributed by atoms with Crippen molar-refractivity contribution in [3.8, 4) is 0 Å². The van der Waals surface area contributed by atoms with Gasteiger partial charge in [0.25, 0.3) is 10.1 Å². The molecule has 0 spiro atoms. The van der Waals surface area contributed by atoms with Crippen molar-refractivity contribution in [1.29, 1.82) is 0 Å². The molecule has 0 N–H and O–H groups in total. The number of benzene rings is 1. The number of aryl methyl sites for hydroxylation is 1. The van der Waals surface area contributed by atoms with Crippen LogP contribution >= 0.6 is 0 Å². The largest absolute Gasteiger partial charge is 0.463 e. The van der Waals surface area contributed by atoms with Crippen molar-refractivity contribution in [1.82, 2.24) is 0 Å². The zero-order valence-corrected chi connectivity index (χ0v) is 12.6. The van der Waals surface area contributed by atoms with E-state index in [9.17, 15) is 13.2 Å². The molecule has 0 bridgehead atoms. The summed E-state index contributed by atoms with van der Waals surface area (Å²) in [5.74, 6) is -0.620. The Hall–Kier alpha value is -1.40. The molecular weight excluding hydrogens is 280 g/mol. The van der Waals surface area contributed by atoms with Crippen molar-refractivity contribution in [2.45, 2.75) is 38.2 Å². The van der Waals surface area contributed by atoms with Crippen molar-refractivity contribution in [2.75, 3.05) is 6.61 Å². The van der Waals surface area contributed by atoms with Gasteiger partial charge >= 0.3 is 5.97 Å². The highest BCUT2D eigenvalue weighted by Crippen LogP contribution is 2.36. The lowest BCUT2D eigenvalue weighted by Crippen LogP contribution is -2.36. The molecule has 1 aromatic carbocycles. The Balaban J connectivity index is 2.28. The van der Waals surface area contributed by atoms with E-state index in [1.807, 2.05) is 13.8 Å². The van der Waals surface area contributed by atoms with E-state index >= 15 is 0 Å². The molecule has 0 unspecified atom stereocenters. The summed E-state index contributed by atoms with van der Waals surface area (Å²) in [6, 6.07) is 6.30. The van der Waals surface area contributed by atoms with Crippen LogP contribution in [0.3, 0.4) is 0 Å². The first kappa shape index (κ1) is 15.0. The van der Waals surface area contributed by atoms with E-state index in [0.717, 1.165) is 5.56 Å². The fraction of sp³-hybridized carbons (Fsp3) is 0.500. The Morgan fingerprint density at radius 1 is 1.35 bits per heavy atom. The highest BCUT2D eigenvalue weighted by molar-refractivity contribution is 7.86. The van der Waals surface area contributed by atoms with Crippen LogP contribution in [0.5, 0.6) is 0 Å². The minimum Gasteiger partial charge on any atom is -0.463 e. The maximum absolute atomic E-state index is 12.2. The molecule has 0 saturated carbocycles. The second kappa shape index (κ2) is 5.18. The number of esters is 1. The molecule has 1 aliphatic rings. The summed E-state index contributed by atoms with van der Waals surface area (Å²) in [5.41, 5.74) is 0.331. The third-order valence-corrected chi connectivity index (χ3v) is 5.03. The Bertz CT molecular complexity index is 605. The maximum Gasteiger partial charge on any atom is 0.337 e. The fourth-order valence-electron chi connectivity index (χ4n) is 2.00. The molecule has 5 nitrogen and oxygen atoms in total. The predicted octanol–water partition coefficient (Wildman–Crippen LogP) is 2.04. The van der Waals surface area contributed by atoms with Gasteiger partial charge in [-0.05, 0) is 25.5 Å². The van der Waals surface area contributed by atoms with Gasteiger partial charge in [-0.15, -0.1) is 0 Å². The Morgan fingerprint density at radius 2 is 1.95 bits per heavy atom. The average Bonchev–Trinajstić information content (AvgIpc) is 2.68. The molecule has 1 saturated heterocycles. The number of hydrogen-bond acceptors (Lipinski definition) is 5. The lowest BCUT2D eigenvalue weighted by Gasteiger charge is -2.24. The smallest absolute Gasteiger partial charge is 0.337 e. The highest BCUT2D eigenvalue weighted by Gasteiger charge is 2.49. The second-order valence-electron chi connectivity index (χ2n) is 5.36. The van der Waals surface area contributed by atoms with Crippen molar-refractivity contribution >= 4 is 16.1 Å². The molecule has 2 rings (SSSR count). The zero-order valence-electron chi connectivity index (χ0n) is 11.8. The maximum atomic E-state index is 12.2. The number of cyclic esters (lactones) is 1. The molecule has 110 valence electrons. The van der Waals surface area contributed by atoms with Crippen LogP contribution in [-0.4, -0.2) is 27.1 Å². The van der Waals surface area contributed by atoms with Crippen molar-refractivity contribution in [2.24, 2.45) is 5.41 Å². The predicted molar refractivity (Wildman–Crippen MR) is 72.6 cm³/mol. The van der Waals surface area contributed by atoms with Gasteiger partial charge < -0.3 is 4.74 Å². The first-order chi connectivity index (χ1) is 9.28. The van der Waals surface area contributed by atoms with Crippen LogP contribution in [0.4, 0.5) is 0 Å². The van der Waals surface area contributed by atoms with E-state index in [2.05, 4.69) is 0 Å². The van der Waals surface area contributed by atoms with Gasteiger partial charge in [-0.2, -0.15) is 8.42 Å². The van der Waals surface area contributed by atoms with Gasteiger partial charge in [0, 0.05) is 5.41 Å². The standard InChI is InChI=1S/C14H18O5S/c1-4-14(3)9-18-13(15)12(14)19-20(16,17)11-7-5-10(2)6-8-11/h5-8,12H,4,9H2,1-3H3/t12-,14+/m1/s1. The highest BCUT2D eigenvalue weighted by atomic mass is 32.2. The molecule has 0 aliphatic carbocycles. The van der Waals surface area contributed by atoms with Gasteiger partial charge in [-0.1, -0.05) is 31.5 Å². The number of carbonyl (C=O) groups is 1. The molecule has 20 heavy (non-hydrogen) atoms. The number of ether oxygens (including phenoxy) is 1. The van der Waals surface area contributed by atoms with E-state index in [-0.39, 0.29) is 11.5 Å². The van der Waals surface area contributed by atoms with Crippen molar-refractivity contribution in [3.05, 3.63) is 29.8 Å². The molecule has 1 aromatic rings. The van der Waals surface area contributed by atoms with E-state index in [1.54, 1.807) is 19.1 Å². The quantitative estimate of drug-likeness (QED) is 0.628. The van der Waals surface area contributed by atoms with Crippen molar-refractivity contribution in [3.63, 3.8) is 0 Å². The van der Waals surface area contributed by atoms with Crippen LogP contribution in [0, 0.1) is 12.3 Å². The molecule has 1 aliphatic heterocycles. The summed E-state index contributed by atoms with van der Waals surface area (Å²) in [6.07, 6.45) is -0.494. The number of carbonyl (C=O) groups excluding carboxylic acids is 1. The zero-order chi connectivity index (χ0) is 15.0. The molecule has 6 heteroatoms. The minimum atomic E-state index is -3.98. The molecule has 1 heterocycles. The Kier molecular flexibility index (Phi) is 3.88. The molecule has 1 fully saturated rings. The third kappa shape index (κ3) is 2.71. The van der Waals surface area contributed by atoms with Gasteiger partial charge in [0.1, 0.15) is 0 Å². The summed E-state index contributed by atoms with van der Waals surface area (Å²) < 4.78 is 34.5. The van der Waals surface area contributed by atoms with Crippen LogP contribution in [0.1, 0.15) is 25.8 Å². The third-order valence-electron chi connectivity index (χ3n) is 3.73. The Labute approximate surface area is 119 Å². The van der Waals surface area contributed by atoms with Crippen LogP contribution in [0.2, 0.25) is 0 Å². The summed E-state index contributed by atoms with van der Waals surface area (Å²) in [5, 5.41) is 0. The summed E-state index contributed by atoms with van der Waals surface area (Å²) in [7, 11) is -3.98. The van der Waals surface area contributed by atoms with Crippen LogP contribution in [0.15, 0.2) is 29.2 Å². The fourth-order valence-corrected chi connectivity index (χ4v) is 3.15. The number of rotatable bonds is 4. The van der Waals surface area contributed by atoms with Gasteiger partial charge in [0.2, 0.25) is 0 Å². The van der Waals surface area contributed by atoms with Gasteiger partial charge in [-0.25, -0.2) is 4.79 Å². The van der Waals surface area contributed by atoms with E-state index in [4.69, 9.17) is 8.92 Å². The van der Waals surface area contributed by atoms with E-state index in [1.165, 1.54) is 12.1 Å². The molecule has 0 radical (unpaired) electrons. The van der Waals surface area contributed by atoms with Crippen LogP contribution in [0.25, 0.3) is 0 Å². The summed E-state index contributed by atoms with van der Waals surface area (Å²) in [6.45, 7) is 5.69. The second-order valence-corrected chi connectivity index (χ2v) is 6.93. The van der Waals surface area contributed by atoms with E-state index < -0.39 is 27.6 Å². The summed E-state index contributed by atoms with van der Waals surface area (Å²) in [4.78, 5) is 11.7. The lowest BCUT2D eigenvalue weighted by molar-refractivity contribution is -0.143. The van der Waals surface area contributed by atoms with Crippen LogP contribution in [-0.2, 0) is 23.8 Å². The van der Waals surface area contributed by atoms with E-state index in [0.29, 0.717) is 6.42 Å². The topological polar surface area (TPSA) is 69.7 Å².